The Hall–Kier alpha value is -2.38. The smallest absolute Gasteiger partial charge is 0.186 e. The molecule has 8 heteroatoms. The number of rotatable bonds is 8. The lowest BCUT2D eigenvalue weighted by molar-refractivity contribution is 0.595. The summed E-state index contributed by atoms with van der Waals surface area (Å²) in [4.78, 5) is 15.5. The standard InChI is InChI=1S/C15H20F2N6/c1-3-10-12(16)14(22-8-20-10)18-6-5-7-19-15-13(17)11(4-2)21-9-23-15/h8-9H,3-7H2,1-2H3,(H,18,20,22)(H,19,21,23). The molecular weight excluding hydrogens is 302 g/mol. The van der Waals surface area contributed by atoms with Crippen molar-refractivity contribution in [3.8, 4) is 0 Å². The third-order valence-electron chi connectivity index (χ3n) is 3.33. The quantitative estimate of drug-likeness (QED) is 0.728. The van der Waals surface area contributed by atoms with Crippen LogP contribution in [0.4, 0.5) is 20.4 Å². The Balaban J connectivity index is 1.81. The average molecular weight is 322 g/mol. The number of anilines is 2. The third kappa shape index (κ3) is 4.30. The van der Waals surface area contributed by atoms with Crippen molar-refractivity contribution < 1.29 is 8.78 Å². The van der Waals surface area contributed by atoms with Gasteiger partial charge in [-0.1, -0.05) is 13.8 Å². The molecule has 0 fully saturated rings. The van der Waals surface area contributed by atoms with Gasteiger partial charge in [0, 0.05) is 13.1 Å². The first-order chi connectivity index (χ1) is 11.2. The predicted octanol–water partition coefficient (Wildman–Crippen LogP) is 2.58. The van der Waals surface area contributed by atoms with Gasteiger partial charge in [-0.15, -0.1) is 0 Å². The minimum absolute atomic E-state index is 0.193. The molecule has 2 aromatic rings. The number of nitrogens with one attached hydrogen (secondary N) is 2. The van der Waals surface area contributed by atoms with Crippen LogP contribution in [0.2, 0.25) is 0 Å². The minimum Gasteiger partial charge on any atom is -0.367 e. The number of aromatic nitrogens is 4. The summed E-state index contributed by atoms with van der Waals surface area (Å²) in [6.07, 6.45) is 4.35. The van der Waals surface area contributed by atoms with Crippen LogP contribution < -0.4 is 10.6 Å². The van der Waals surface area contributed by atoms with Gasteiger partial charge in [0.2, 0.25) is 0 Å². The van der Waals surface area contributed by atoms with Crippen LogP contribution in [0.3, 0.4) is 0 Å². The van der Waals surface area contributed by atoms with E-state index in [1.54, 1.807) is 0 Å². The molecule has 0 unspecified atom stereocenters. The first-order valence-corrected chi connectivity index (χ1v) is 7.63. The molecule has 0 aliphatic carbocycles. The monoisotopic (exact) mass is 322 g/mol. The maximum atomic E-state index is 13.9. The molecule has 2 aromatic heterocycles. The van der Waals surface area contributed by atoms with Gasteiger partial charge in [-0.2, -0.15) is 0 Å². The summed E-state index contributed by atoms with van der Waals surface area (Å²) in [7, 11) is 0. The molecule has 124 valence electrons. The molecular formula is C15H20F2N6. The van der Waals surface area contributed by atoms with Crippen molar-refractivity contribution in [2.24, 2.45) is 0 Å². The molecule has 0 atom stereocenters. The molecule has 2 heterocycles. The second kappa shape index (κ2) is 8.30. The maximum Gasteiger partial charge on any atom is 0.186 e. The molecule has 0 saturated heterocycles. The summed E-state index contributed by atoms with van der Waals surface area (Å²) in [5.41, 5.74) is 0.770. The zero-order valence-electron chi connectivity index (χ0n) is 13.2. The lowest BCUT2D eigenvalue weighted by Crippen LogP contribution is -2.13. The highest BCUT2D eigenvalue weighted by molar-refractivity contribution is 5.38. The van der Waals surface area contributed by atoms with E-state index >= 15 is 0 Å². The van der Waals surface area contributed by atoms with E-state index in [2.05, 4.69) is 30.6 Å². The average Bonchev–Trinajstić information content (AvgIpc) is 2.57. The second-order valence-corrected chi connectivity index (χ2v) is 4.88. The molecule has 0 spiro atoms. The normalized spacial score (nSPS) is 10.6. The van der Waals surface area contributed by atoms with E-state index < -0.39 is 11.6 Å². The van der Waals surface area contributed by atoms with E-state index in [1.165, 1.54) is 12.7 Å². The minimum atomic E-state index is -0.419. The lowest BCUT2D eigenvalue weighted by Gasteiger charge is -2.10. The maximum absolute atomic E-state index is 13.9. The van der Waals surface area contributed by atoms with Gasteiger partial charge in [-0.05, 0) is 19.3 Å². The molecule has 0 radical (unpaired) electrons. The zero-order chi connectivity index (χ0) is 16.7. The lowest BCUT2D eigenvalue weighted by atomic mass is 10.3. The highest BCUT2D eigenvalue weighted by atomic mass is 19.1. The molecule has 0 aliphatic rings. The number of nitrogens with zero attached hydrogens (tertiary/aromatic N) is 4. The van der Waals surface area contributed by atoms with Crippen LogP contribution in [0.1, 0.15) is 31.7 Å². The van der Waals surface area contributed by atoms with Gasteiger partial charge in [-0.25, -0.2) is 28.7 Å². The molecule has 6 nitrogen and oxygen atoms in total. The molecule has 2 N–H and O–H groups in total. The summed E-state index contributed by atoms with van der Waals surface area (Å²) in [5, 5.41) is 5.84. The van der Waals surface area contributed by atoms with Gasteiger partial charge < -0.3 is 10.6 Å². The summed E-state index contributed by atoms with van der Waals surface area (Å²) in [6.45, 7) is 4.66. The Kier molecular flexibility index (Phi) is 6.13. The van der Waals surface area contributed by atoms with Crippen molar-refractivity contribution >= 4 is 11.6 Å². The Morgan fingerprint density at radius 2 is 1.22 bits per heavy atom. The molecule has 23 heavy (non-hydrogen) atoms. The third-order valence-corrected chi connectivity index (χ3v) is 3.33. The van der Waals surface area contributed by atoms with Crippen molar-refractivity contribution in [2.75, 3.05) is 23.7 Å². The van der Waals surface area contributed by atoms with Crippen LogP contribution in [-0.4, -0.2) is 33.0 Å². The molecule has 0 aliphatic heterocycles. The van der Waals surface area contributed by atoms with Crippen LogP contribution in [0.25, 0.3) is 0 Å². The van der Waals surface area contributed by atoms with E-state index in [-0.39, 0.29) is 11.6 Å². The van der Waals surface area contributed by atoms with Crippen molar-refractivity contribution in [1.29, 1.82) is 0 Å². The highest BCUT2D eigenvalue weighted by Gasteiger charge is 2.10. The summed E-state index contributed by atoms with van der Waals surface area (Å²) >= 11 is 0. The van der Waals surface area contributed by atoms with Crippen LogP contribution in [0.15, 0.2) is 12.7 Å². The highest BCUT2D eigenvalue weighted by Crippen LogP contribution is 2.14. The summed E-state index contributed by atoms with van der Waals surface area (Å²) < 4.78 is 27.8. The van der Waals surface area contributed by atoms with Crippen LogP contribution in [0, 0.1) is 11.6 Å². The molecule has 0 aromatic carbocycles. The van der Waals surface area contributed by atoms with Gasteiger partial charge in [0.25, 0.3) is 0 Å². The number of halogens is 2. The fraction of sp³-hybridized carbons (Fsp3) is 0.467. The number of aryl methyl sites for hydroxylation is 2. The predicted molar refractivity (Wildman–Crippen MR) is 84.3 cm³/mol. The zero-order valence-corrected chi connectivity index (χ0v) is 13.2. The summed E-state index contributed by atoms with van der Waals surface area (Å²) in [6, 6.07) is 0. The van der Waals surface area contributed by atoms with E-state index in [0.717, 1.165) is 0 Å². The topological polar surface area (TPSA) is 75.6 Å². The molecule has 2 rings (SSSR count). The molecule has 0 amide bonds. The Morgan fingerprint density at radius 1 is 0.783 bits per heavy atom. The van der Waals surface area contributed by atoms with E-state index in [1.807, 2.05) is 13.8 Å². The molecule has 0 bridgehead atoms. The van der Waals surface area contributed by atoms with Gasteiger partial charge in [0.1, 0.15) is 12.7 Å². The van der Waals surface area contributed by atoms with E-state index in [4.69, 9.17) is 0 Å². The van der Waals surface area contributed by atoms with Crippen LogP contribution >= 0.6 is 0 Å². The number of hydrogen-bond acceptors (Lipinski definition) is 6. The second-order valence-electron chi connectivity index (χ2n) is 4.88. The van der Waals surface area contributed by atoms with E-state index in [9.17, 15) is 8.78 Å². The fourth-order valence-electron chi connectivity index (χ4n) is 2.05. The number of hydrogen-bond donors (Lipinski definition) is 2. The first kappa shape index (κ1) is 17.0. The molecule has 0 saturated carbocycles. The van der Waals surface area contributed by atoms with Crippen molar-refractivity contribution in [2.45, 2.75) is 33.1 Å². The summed E-state index contributed by atoms with van der Waals surface area (Å²) in [5.74, 6) is -0.452. The van der Waals surface area contributed by atoms with E-state index in [0.29, 0.717) is 43.7 Å². The SMILES string of the molecule is CCc1ncnc(NCCCNc2ncnc(CC)c2F)c1F. The Morgan fingerprint density at radius 3 is 1.61 bits per heavy atom. The van der Waals surface area contributed by atoms with Gasteiger partial charge in [0.05, 0.1) is 11.4 Å². The van der Waals surface area contributed by atoms with Crippen molar-refractivity contribution in [3.63, 3.8) is 0 Å². The first-order valence-electron chi connectivity index (χ1n) is 7.63. The Bertz CT molecular complexity index is 594. The van der Waals surface area contributed by atoms with Crippen LogP contribution in [-0.2, 0) is 12.8 Å². The van der Waals surface area contributed by atoms with Gasteiger partial charge >= 0.3 is 0 Å². The Labute approximate surface area is 133 Å². The van der Waals surface area contributed by atoms with Gasteiger partial charge in [0.15, 0.2) is 23.3 Å². The van der Waals surface area contributed by atoms with Crippen molar-refractivity contribution in [1.82, 2.24) is 19.9 Å². The van der Waals surface area contributed by atoms with Crippen LogP contribution in [0.5, 0.6) is 0 Å². The fourth-order valence-corrected chi connectivity index (χ4v) is 2.05. The van der Waals surface area contributed by atoms with Crippen molar-refractivity contribution in [3.05, 3.63) is 35.7 Å². The largest absolute Gasteiger partial charge is 0.367 e. The van der Waals surface area contributed by atoms with Gasteiger partial charge in [-0.3, -0.25) is 0 Å².